The van der Waals surface area contributed by atoms with Crippen LogP contribution < -0.4 is 4.74 Å². The number of carbonyl (C=O) groups is 1. The van der Waals surface area contributed by atoms with Crippen molar-refractivity contribution in [3.8, 4) is 5.75 Å². The third-order valence-electron chi connectivity index (χ3n) is 3.46. The van der Waals surface area contributed by atoms with Crippen LogP contribution in [0.1, 0.15) is 37.5 Å². The second kappa shape index (κ2) is 5.93. The van der Waals surface area contributed by atoms with Gasteiger partial charge in [-0.2, -0.15) is 0 Å². The maximum absolute atomic E-state index is 12.1. The summed E-state index contributed by atoms with van der Waals surface area (Å²) in [5.74, 6) is 0.735. The van der Waals surface area contributed by atoms with E-state index < -0.39 is 5.60 Å². The number of carbonyl (C=O) groups excluding carboxylic acids is 1. The minimum Gasteiger partial charge on any atom is -0.496 e. The van der Waals surface area contributed by atoms with E-state index in [1.165, 1.54) is 0 Å². The molecule has 1 aliphatic rings. The molecule has 1 aliphatic heterocycles. The Balaban J connectivity index is 2.20. The molecule has 1 amide bonds. The minimum atomic E-state index is -0.490. The predicted octanol–water partition coefficient (Wildman–Crippen LogP) is 2.48. The molecule has 5 nitrogen and oxygen atoms in total. The van der Waals surface area contributed by atoms with Crippen molar-refractivity contribution in [2.24, 2.45) is 0 Å². The quantitative estimate of drug-likeness (QED) is 0.910. The average molecular weight is 293 g/mol. The molecule has 1 heterocycles. The van der Waals surface area contributed by atoms with Crippen LogP contribution >= 0.6 is 0 Å². The summed E-state index contributed by atoms with van der Waals surface area (Å²) in [4.78, 5) is 13.8. The molecule has 5 heteroatoms. The number of rotatable bonds is 2. The Morgan fingerprint density at radius 2 is 2.10 bits per heavy atom. The van der Waals surface area contributed by atoms with Crippen LogP contribution in [0.25, 0.3) is 0 Å². The number of aliphatic hydroxyl groups excluding tert-OH is 1. The van der Waals surface area contributed by atoms with Crippen molar-refractivity contribution in [3.05, 3.63) is 28.8 Å². The molecule has 0 radical (unpaired) electrons. The molecule has 0 unspecified atom stereocenters. The molecule has 0 atom stereocenters. The van der Waals surface area contributed by atoms with E-state index >= 15 is 0 Å². The Morgan fingerprint density at radius 3 is 2.67 bits per heavy atom. The summed E-state index contributed by atoms with van der Waals surface area (Å²) in [5.41, 5.74) is 2.41. The number of benzene rings is 1. The molecular formula is C16H23NO4. The molecular weight excluding hydrogens is 270 g/mol. The van der Waals surface area contributed by atoms with E-state index in [1.807, 2.05) is 32.9 Å². The Kier molecular flexibility index (Phi) is 4.42. The average Bonchev–Trinajstić information content (AvgIpc) is 2.43. The molecule has 0 saturated heterocycles. The van der Waals surface area contributed by atoms with E-state index in [2.05, 4.69) is 0 Å². The van der Waals surface area contributed by atoms with E-state index in [4.69, 9.17) is 9.47 Å². The van der Waals surface area contributed by atoms with Gasteiger partial charge in [0, 0.05) is 24.2 Å². The zero-order valence-corrected chi connectivity index (χ0v) is 13.1. The Bertz CT molecular complexity index is 534. The van der Waals surface area contributed by atoms with Crippen molar-refractivity contribution in [3.63, 3.8) is 0 Å². The molecule has 0 saturated carbocycles. The van der Waals surface area contributed by atoms with Gasteiger partial charge in [0.1, 0.15) is 11.4 Å². The second-order valence-electron chi connectivity index (χ2n) is 6.21. The molecule has 1 aromatic rings. The van der Waals surface area contributed by atoms with E-state index in [0.717, 1.165) is 22.4 Å². The Hall–Kier alpha value is -1.75. The molecule has 116 valence electrons. The molecule has 0 bridgehead atoms. The molecule has 1 aromatic carbocycles. The van der Waals surface area contributed by atoms with Crippen LogP contribution in [0, 0.1) is 0 Å². The summed E-state index contributed by atoms with van der Waals surface area (Å²) in [6.45, 7) is 6.63. The van der Waals surface area contributed by atoms with Gasteiger partial charge >= 0.3 is 6.09 Å². The SMILES string of the molecule is COc1c(CO)ccc2c1CCN(C(=O)OC(C)(C)C)C2. The Morgan fingerprint density at radius 1 is 1.38 bits per heavy atom. The largest absolute Gasteiger partial charge is 0.496 e. The van der Waals surface area contributed by atoms with Crippen molar-refractivity contribution in [2.45, 2.75) is 45.9 Å². The molecule has 1 N–H and O–H groups in total. The summed E-state index contributed by atoms with van der Waals surface area (Å²) < 4.78 is 10.8. The summed E-state index contributed by atoms with van der Waals surface area (Å²) in [6.07, 6.45) is 0.407. The number of aliphatic hydroxyl groups is 1. The van der Waals surface area contributed by atoms with Crippen LogP contribution in [0.3, 0.4) is 0 Å². The maximum atomic E-state index is 12.1. The molecule has 2 rings (SSSR count). The maximum Gasteiger partial charge on any atom is 0.410 e. The number of ether oxygens (including phenoxy) is 2. The number of nitrogens with zero attached hydrogens (tertiary/aromatic N) is 1. The van der Waals surface area contributed by atoms with Crippen molar-refractivity contribution in [2.75, 3.05) is 13.7 Å². The number of amides is 1. The summed E-state index contributed by atoms with van der Waals surface area (Å²) in [5, 5.41) is 9.35. The van der Waals surface area contributed by atoms with Crippen LogP contribution in [0.15, 0.2) is 12.1 Å². The minimum absolute atomic E-state index is 0.0494. The smallest absolute Gasteiger partial charge is 0.410 e. The number of fused-ring (bicyclic) bond motifs is 1. The van der Waals surface area contributed by atoms with Gasteiger partial charge in [0.15, 0.2) is 0 Å². The topological polar surface area (TPSA) is 59.0 Å². The number of methoxy groups -OCH3 is 1. The van der Waals surface area contributed by atoms with Crippen molar-refractivity contribution in [1.29, 1.82) is 0 Å². The van der Waals surface area contributed by atoms with Crippen LogP contribution in [0.4, 0.5) is 4.79 Å². The fourth-order valence-corrected chi connectivity index (χ4v) is 2.53. The van der Waals surface area contributed by atoms with E-state index in [1.54, 1.807) is 12.0 Å². The second-order valence-corrected chi connectivity index (χ2v) is 6.21. The van der Waals surface area contributed by atoms with Crippen LogP contribution in [0.5, 0.6) is 5.75 Å². The number of hydrogen-bond acceptors (Lipinski definition) is 4. The first kappa shape index (κ1) is 15.6. The van der Waals surface area contributed by atoms with Crippen LogP contribution in [0.2, 0.25) is 0 Å². The summed E-state index contributed by atoms with van der Waals surface area (Å²) in [7, 11) is 1.61. The standard InChI is InChI=1S/C16H23NO4/c1-16(2,3)21-15(19)17-8-7-13-11(9-17)5-6-12(10-18)14(13)20-4/h5-6,18H,7-10H2,1-4H3. The predicted molar refractivity (Wildman–Crippen MR) is 79.3 cm³/mol. The lowest BCUT2D eigenvalue weighted by molar-refractivity contribution is 0.0223. The number of hydrogen-bond donors (Lipinski definition) is 1. The summed E-state index contributed by atoms with van der Waals surface area (Å²) >= 11 is 0. The Labute approximate surface area is 125 Å². The van der Waals surface area contributed by atoms with Gasteiger partial charge in [-0.25, -0.2) is 4.79 Å². The third kappa shape index (κ3) is 3.47. The molecule has 0 spiro atoms. The molecule has 0 aliphatic carbocycles. The molecule has 21 heavy (non-hydrogen) atoms. The first-order chi connectivity index (χ1) is 9.85. The van der Waals surface area contributed by atoms with Gasteiger partial charge in [-0.1, -0.05) is 12.1 Å². The van der Waals surface area contributed by atoms with Crippen molar-refractivity contribution >= 4 is 6.09 Å². The molecule has 0 aromatic heterocycles. The first-order valence-electron chi connectivity index (χ1n) is 7.12. The van der Waals surface area contributed by atoms with Gasteiger partial charge in [-0.3, -0.25) is 0 Å². The van der Waals surface area contributed by atoms with E-state index in [-0.39, 0.29) is 12.7 Å². The van der Waals surface area contributed by atoms with Gasteiger partial charge in [0.05, 0.1) is 13.7 Å². The lowest BCUT2D eigenvalue weighted by atomic mass is 9.96. The zero-order valence-electron chi connectivity index (χ0n) is 13.1. The van der Waals surface area contributed by atoms with E-state index in [9.17, 15) is 9.90 Å². The van der Waals surface area contributed by atoms with Gasteiger partial charge in [0.2, 0.25) is 0 Å². The van der Waals surface area contributed by atoms with Crippen LogP contribution in [-0.2, 0) is 24.3 Å². The van der Waals surface area contributed by atoms with Crippen molar-refractivity contribution < 1.29 is 19.4 Å². The highest BCUT2D eigenvalue weighted by Crippen LogP contribution is 2.32. The zero-order chi connectivity index (χ0) is 15.6. The van der Waals surface area contributed by atoms with Gasteiger partial charge in [-0.15, -0.1) is 0 Å². The fourth-order valence-electron chi connectivity index (χ4n) is 2.53. The van der Waals surface area contributed by atoms with Crippen LogP contribution in [-0.4, -0.2) is 35.4 Å². The van der Waals surface area contributed by atoms with Gasteiger partial charge < -0.3 is 19.5 Å². The van der Waals surface area contributed by atoms with E-state index in [0.29, 0.717) is 19.5 Å². The highest BCUT2D eigenvalue weighted by atomic mass is 16.6. The monoisotopic (exact) mass is 293 g/mol. The highest BCUT2D eigenvalue weighted by molar-refractivity contribution is 5.69. The summed E-state index contributed by atoms with van der Waals surface area (Å²) in [6, 6.07) is 3.79. The third-order valence-corrected chi connectivity index (χ3v) is 3.46. The van der Waals surface area contributed by atoms with Gasteiger partial charge in [0.25, 0.3) is 0 Å². The van der Waals surface area contributed by atoms with Gasteiger partial charge in [-0.05, 0) is 32.8 Å². The lowest BCUT2D eigenvalue weighted by Crippen LogP contribution is -2.40. The van der Waals surface area contributed by atoms with Crippen molar-refractivity contribution in [1.82, 2.24) is 4.90 Å². The normalized spacial score (nSPS) is 14.6. The lowest BCUT2D eigenvalue weighted by Gasteiger charge is -2.32. The highest BCUT2D eigenvalue weighted by Gasteiger charge is 2.27. The first-order valence-corrected chi connectivity index (χ1v) is 7.12. The molecule has 0 fully saturated rings. The fraction of sp³-hybridized carbons (Fsp3) is 0.562.